The van der Waals surface area contributed by atoms with Gasteiger partial charge in [-0.2, -0.15) is 0 Å². The number of hydrogen-bond acceptors (Lipinski definition) is 6. The Labute approximate surface area is 175 Å². The van der Waals surface area contributed by atoms with Gasteiger partial charge in [-0.05, 0) is 29.8 Å². The molecule has 29 heavy (non-hydrogen) atoms. The molecule has 3 heterocycles. The zero-order valence-corrected chi connectivity index (χ0v) is 16.7. The van der Waals surface area contributed by atoms with E-state index < -0.39 is 5.76 Å². The number of benzene rings is 1. The molecule has 2 aromatic heterocycles. The van der Waals surface area contributed by atoms with Crippen LogP contribution in [-0.4, -0.2) is 34.4 Å². The van der Waals surface area contributed by atoms with Crippen LogP contribution < -0.4 is 16.6 Å². The van der Waals surface area contributed by atoms with E-state index in [4.69, 9.17) is 27.9 Å². The molecule has 1 aliphatic heterocycles. The molecule has 1 fully saturated rings. The van der Waals surface area contributed by atoms with Crippen LogP contribution in [0.5, 0.6) is 0 Å². The number of rotatable bonds is 4. The van der Waals surface area contributed by atoms with Crippen molar-refractivity contribution in [3.05, 3.63) is 73.0 Å². The molecular weight excluding hydrogens is 419 g/mol. The van der Waals surface area contributed by atoms with Crippen molar-refractivity contribution in [2.75, 3.05) is 19.7 Å². The number of halogens is 2. The van der Waals surface area contributed by atoms with Crippen LogP contribution in [-0.2, 0) is 11.3 Å². The molecule has 1 aromatic carbocycles. The molecule has 0 radical (unpaired) electrons. The standard InChI is InChI=1S/C19H18Cl2N4O4/c20-14-4-3-11(8-15(14)21)16-12(9-22-5-7-28-16)10-25-6-1-2-13(18(25)26)17-23-19(27)29-24-17/h1-4,6,8,12,16,22H,5,7,9-10H2,(H,23,24,27). The molecule has 0 saturated carbocycles. The number of aromatic nitrogens is 3. The maximum atomic E-state index is 12.9. The van der Waals surface area contributed by atoms with Crippen LogP contribution in [0.25, 0.3) is 11.4 Å². The van der Waals surface area contributed by atoms with Gasteiger partial charge >= 0.3 is 5.76 Å². The van der Waals surface area contributed by atoms with Crippen molar-refractivity contribution in [1.29, 1.82) is 0 Å². The summed E-state index contributed by atoms with van der Waals surface area (Å²) in [5.74, 6) is -0.652. The largest absolute Gasteiger partial charge is 0.439 e. The normalized spacial score (nSPS) is 19.8. The first kappa shape index (κ1) is 19.9. The first-order chi connectivity index (χ1) is 14.0. The van der Waals surface area contributed by atoms with Crippen molar-refractivity contribution in [1.82, 2.24) is 20.0 Å². The molecule has 3 aromatic rings. The first-order valence-corrected chi connectivity index (χ1v) is 9.81. The lowest BCUT2D eigenvalue weighted by molar-refractivity contribution is 0.0251. The monoisotopic (exact) mass is 436 g/mol. The minimum atomic E-state index is -0.712. The molecule has 4 rings (SSSR count). The molecule has 0 bridgehead atoms. The minimum absolute atomic E-state index is 0.0425. The van der Waals surface area contributed by atoms with Crippen LogP contribution >= 0.6 is 23.2 Å². The topological polar surface area (TPSA) is 102 Å². The van der Waals surface area contributed by atoms with Gasteiger partial charge in [-0.1, -0.05) is 34.4 Å². The van der Waals surface area contributed by atoms with Crippen molar-refractivity contribution in [2.24, 2.45) is 5.92 Å². The molecular formula is C19H18Cl2N4O4. The molecule has 1 saturated heterocycles. The van der Waals surface area contributed by atoms with E-state index in [2.05, 4.69) is 20.0 Å². The zero-order chi connectivity index (χ0) is 20.4. The highest BCUT2D eigenvalue weighted by atomic mass is 35.5. The van der Waals surface area contributed by atoms with Crippen molar-refractivity contribution >= 4 is 23.2 Å². The lowest BCUT2D eigenvalue weighted by Crippen LogP contribution is -2.32. The van der Waals surface area contributed by atoms with Crippen molar-refractivity contribution < 1.29 is 9.26 Å². The van der Waals surface area contributed by atoms with E-state index >= 15 is 0 Å². The number of pyridine rings is 1. The van der Waals surface area contributed by atoms with E-state index in [1.165, 1.54) is 0 Å². The fourth-order valence-electron chi connectivity index (χ4n) is 3.47. The molecule has 152 valence electrons. The Kier molecular flexibility index (Phi) is 5.86. The molecule has 2 N–H and O–H groups in total. The molecule has 1 aliphatic rings. The second kappa shape index (κ2) is 8.54. The summed E-state index contributed by atoms with van der Waals surface area (Å²) in [5, 5.41) is 7.88. The fraction of sp³-hybridized carbons (Fsp3) is 0.316. The number of H-pyrrole nitrogens is 1. The molecule has 0 aliphatic carbocycles. The summed E-state index contributed by atoms with van der Waals surface area (Å²) in [6, 6.07) is 8.74. The molecule has 2 atom stereocenters. The second-order valence-corrected chi connectivity index (χ2v) is 7.57. The van der Waals surface area contributed by atoms with Gasteiger partial charge in [0.2, 0.25) is 0 Å². The quantitative estimate of drug-likeness (QED) is 0.651. The molecule has 8 nitrogen and oxygen atoms in total. The Morgan fingerprint density at radius 1 is 1.21 bits per heavy atom. The molecule has 10 heteroatoms. The smallest absolute Gasteiger partial charge is 0.372 e. The third-order valence-corrected chi connectivity index (χ3v) is 5.57. The average molecular weight is 437 g/mol. The summed E-state index contributed by atoms with van der Waals surface area (Å²) in [4.78, 5) is 26.6. The van der Waals surface area contributed by atoms with E-state index in [0.29, 0.717) is 36.3 Å². The first-order valence-electron chi connectivity index (χ1n) is 9.06. The van der Waals surface area contributed by atoms with Crippen LogP contribution in [0.4, 0.5) is 0 Å². The predicted octanol–water partition coefficient (Wildman–Crippen LogP) is 2.48. The molecule has 0 amide bonds. The van der Waals surface area contributed by atoms with E-state index in [1.54, 1.807) is 35.0 Å². The van der Waals surface area contributed by atoms with Gasteiger partial charge in [0.05, 0.1) is 28.3 Å². The van der Waals surface area contributed by atoms with Crippen molar-refractivity contribution in [2.45, 2.75) is 12.6 Å². The Bertz CT molecular complexity index is 1120. The summed E-state index contributed by atoms with van der Waals surface area (Å²) < 4.78 is 12.2. The number of hydrogen-bond donors (Lipinski definition) is 2. The predicted molar refractivity (Wildman–Crippen MR) is 108 cm³/mol. The summed E-state index contributed by atoms with van der Waals surface area (Å²) in [5.41, 5.74) is 0.874. The SMILES string of the molecule is O=c1[nH]c(-c2cccn(CC3CNCCOC3c3ccc(Cl)c(Cl)c3)c2=O)no1. The minimum Gasteiger partial charge on any atom is -0.372 e. The highest BCUT2D eigenvalue weighted by Gasteiger charge is 2.27. The highest BCUT2D eigenvalue weighted by Crippen LogP contribution is 2.32. The Hall–Kier alpha value is -2.39. The Morgan fingerprint density at radius 2 is 2.07 bits per heavy atom. The van der Waals surface area contributed by atoms with Crippen molar-refractivity contribution in [3.63, 3.8) is 0 Å². The number of nitrogens with one attached hydrogen (secondary N) is 2. The molecule has 2 unspecified atom stereocenters. The van der Waals surface area contributed by atoms with E-state index in [0.717, 1.165) is 5.56 Å². The van der Waals surface area contributed by atoms with Crippen LogP contribution in [0.2, 0.25) is 10.0 Å². The Balaban J connectivity index is 1.66. The summed E-state index contributed by atoms with van der Waals surface area (Å²) in [7, 11) is 0. The van der Waals surface area contributed by atoms with Gasteiger partial charge in [-0.25, -0.2) is 4.79 Å². The third-order valence-electron chi connectivity index (χ3n) is 4.83. The molecule has 0 spiro atoms. The number of nitrogens with zero attached hydrogens (tertiary/aromatic N) is 2. The van der Waals surface area contributed by atoms with Crippen LogP contribution in [0, 0.1) is 5.92 Å². The average Bonchev–Trinajstić information content (AvgIpc) is 3.00. The fourth-order valence-corrected chi connectivity index (χ4v) is 3.77. The highest BCUT2D eigenvalue weighted by molar-refractivity contribution is 6.42. The second-order valence-electron chi connectivity index (χ2n) is 6.75. The Morgan fingerprint density at radius 3 is 2.83 bits per heavy atom. The van der Waals surface area contributed by atoms with E-state index in [-0.39, 0.29) is 29.0 Å². The van der Waals surface area contributed by atoms with Crippen LogP contribution in [0.1, 0.15) is 11.7 Å². The maximum absolute atomic E-state index is 12.9. The van der Waals surface area contributed by atoms with Crippen molar-refractivity contribution in [3.8, 4) is 11.4 Å². The van der Waals surface area contributed by atoms with E-state index in [9.17, 15) is 9.59 Å². The summed E-state index contributed by atoms with van der Waals surface area (Å²) >= 11 is 12.2. The van der Waals surface area contributed by atoms with Gasteiger partial charge in [0, 0.05) is 31.7 Å². The third kappa shape index (κ3) is 4.30. The lowest BCUT2D eigenvalue weighted by Gasteiger charge is -2.26. The van der Waals surface area contributed by atoms with Crippen LogP contribution in [0.15, 0.2) is 50.6 Å². The van der Waals surface area contributed by atoms with Gasteiger partial charge in [0.1, 0.15) is 0 Å². The van der Waals surface area contributed by atoms with Gasteiger partial charge in [0.15, 0.2) is 5.82 Å². The summed E-state index contributed by atoms with van der Waals surface area (Å²) in [6.07, 6.45) is 1.43. The summed E-state index contributed by atoms with van der Waals surface area (Å²) in [6.45, 7) is 2.30. The maximum Gasteiger partial charge on any atom is 0.439 e. The van der Waals surface area contributed by atoms with Gasteiger partial charge in [-0.3, -0.25) is 14.3 Å². The zero-order valence-electron chi connectivity index (χ0n) is 15.2. The van der Waals surface area contributed by atoms with Gasteiger partial charge in [-0.15, -0.1) is 0 Å². The van der Waals surface area contributed by atoms with Crippen LogP contribution in [0.3, 0.4) is 0 Å². The number of ether oxygens (including phenoxy) is 1. The van der Waals surface area contributed by atoms with Gasteiger partial charge < -0.3 is 14.6 Å². The number of aromatic amines is 1. The van der Waals surface area contributed by atoms with Gasteiger partial charge in [0.25, 0.3) is 5.56 Å². The lowest BCUT2D eigenvalue weighted by atomic mass is 9.95. The van der Waals surface area contributed by atoms with E-state index in [1.807, 2.05) is 6.07 Å².